The molecule has 8 nitrogen and oxygen atoms in total. The van der Waals surface area contributed by atoms with Gasteiger partial charge >= 0.3 is 0 Å². The van der Waals surface area contributed by atoms with Gasteiger partial charge < -0.3 is 20.2 Å². The molecule has 3 atom stereocenters. The fourth-order valence-electron chi connectivity index (χ4n) is 4.88. The van der Waals surface area contributed by atoms with Crippen LogP contribution in [0.4, 0.5) is 0 Å². The fourth-order valence-corrected chi connectivity index (χ4v) is 5.69. The van der Waals surface area contributed by atoms with Crippen molar-refractivity contribution in [2.24, 2.45) is 5.92 Å². The molecule has 0 aliphatic carbocycles. The van der Waals surface area contributed by atoms with Crippen molar-refractivity contribution in [1.82, 2.24) is 20.1 Å². The van der Waals surface area contributed by atoms with Gasteiger partial charge in [0, 0.05) is 32.5 Å². The molecule has 0 bridgehead atoms. The van der Waals surface area contributed by atoms with Gasteiger partial charge in [0.15, 0.2) is 0 Å². The van der Waals surface area contributed by atoms with Gasteiger partial charge in [0.1, 0.15) is 12.1 Å². The summed E-state index contributed by atoms with van der Waals surface area (Å²) in [6, 6.07) is 6.60. The molecule has 182 valence electrons. The van der Waals surface area contributed by atoms with Gasteiger partial charge in [0.25, 0.3) is 0 Å². The standard InChI is InChI=1S/C25H32N4O4S/c1-15(2)22(28-10-4-5-21(28)31)25(33)29-13-19(30)11-20(29)24(32)26-12-17-6-8-18(9-7-17)23-16(3)27-14-34-23/h6-9,14-15,19-20,22,30H,4-5,10-13H2,1-3H3,(H,26,32)/t19-,20+,22?/m1/s1. The summed E-state index contributed by atoms with van der Waals surface area (Å²) in [4.78, 5) is 47.4. The molecule has 2 aliphatic rings. The van der Waals surface area contributed by atoms with Crippen molar-refractivity contribution < 1.29 is 19.5 Å². The quantitative estimate of drug-likeness (QED) is 0.628. The maximum absolute atomic E-state index is 13.5. The first-order chi connectivity index (χ1) is 16.3. The van der Waals surface area contributed by atoms with Gasteiger partial charge in [-0.2, -0.15) is 0 Å². The van der Waals surface area contributed by atoms with Crippen molar-refractivity contribution >= 4 is 29.1 Å². The third-order valence-electron chi connectivity index (χ3n) is 6.62. The number of carbonyl (C=O) groups excluding carboxylic acids is 3. The van der Waals surface area contributed by atoms with E-state index in [9.17, 15) is 19.5 Å². The number of nitrogens with zero attached hydrogens (tertiary/aromatic N) is 3. The molecule has 0 radical (unpaired) electrons. The lowest BCUT2D eigenvalue weighted by Gasteiger charge is -2.35. The van der Waals surface area contributed by atoms with Crippen LogP contribution in [0.2, 0.25) is 0 Å². The Kier molecular flexibility index (Phi) is 7.33. The number of benzene rings is 1. The molecular weight excluding hydrogens is 452 g/mol. The summed E-state index contributed by atoms with van der Waals surface area (Å²) in [5, 5.41) is 13.2. The van der Waals surface area contributed by atoms with Crippen LogP contribution in [0, 0.1) is 12.8 Å². The van der Waals surface area contributed by atoms with Gasteiger partial charge in [-0.3, -0.25) is 14.4 Å². The Hall–Kier alpha value is -2.78. The minimum Gasteiger partial charge on any atom is -0.391 e. The lowest BCUT2D eigenvalue weighted by Crippen LogP contribution is -2.55. The first-order valence-electron chi connectivity index (χ1n) is 11.8. The minimum atomic E-state index is -0.760. The predicted octanol–water partition coefficient (Wildman–Crippen LogP) is 2.34. The third kappa shape index (κ3) is 5.00. The zero-order valence-electron chi connectivity index (χ0n) is 19.9. The van der Waals surface area contributed by atoms with E-state index >= 15 is 0 Å². The number of aromatic nitrogens is 1. The summed E-state index contributed by atoms with van der Waals surface area (Å²) in [5.41, 5.74) is 4.84. The molecule has 1 unspecified atom stereocenters. The van der Waals surface area contributed by atoms with Crippen molar-refractivity contribution in [1.29, 1.82) is 0 Å². The number of hydrogen-bond acceptors (Lipinski definition) is 6. The average molecular weight is 485 g/mol. The maximum Gasteiger partial charge on any atom is 0.246 e. The number of rotatable bonds is 7. The molecule has 2 saturated heterocycles. The van der Waals surface area contributed by atoms with Crippen molar-refractivity contribution in [2.75, 3.05) is 13.1 Å². The van der Waals surface area contributed by atoms with Gasteiger partial charge in [0.2, 0.25) is 17.7 Å². The molecule has 2 N–H and O–H groups in total. The summed E-state index contributed by atoms with van der Waals surface area (Å²) in [6.07, 6.45) is 0.622. The molecular formula is C25H32N4O4S. The van der Waals surface area contributed by atoms with E-state index in [-0.39, 0.29) is 36.6 Å². The largest absolute Gasteiger partial charge is 0.391 e. The maximum atomic E-state index is 13.5. The molecule has 34 heavy (non-hydrogen) atoms. The molecule has 1 aromatic carbocycles. The Morgan fingerprint density at radius 3 is 2.59 bits per heavy atom. The van der Waals surface area contributed by atoms with Crippen LogP contribution in [0.25, 0.3) is 10.4 Å². The number of amides is 3. The van der Waals surface area contributed by atoms with Gasteiger partial charge in [-0.05, 0) is 30.4 Å². The molecule has 3 amide bonds. The normalized spacial score (nSPS) is 21.4. The summed E-state index contributed by atoms with van der Waals surface area (Å²) >= 11 is 1.59. The second-order valence-corrected chi connectivity index (χ2v) is 10.3. The van der Waals surface area contributed by atoms with Gasteiger partial charge in [0.05, 0.1) is 22.2 Å². The highest BCUT2D eigenvalue weighted by molar-refractivity contribution is 7.13. The van der Waals surface area contributed by atoms with Crippen LogP contribution in [0.1, 0.15) is 44.4 Å². The second kappa shape index (κ2) is 10.2. The van der Waals surface area contributed by atoms with E-state index < -0.39 is 18.2 Å². The molecule has 4 rings (SSSR count). The van der Waals surface area contributed by atoms with E-state index in [1.165, 1.54) is 4.90 Å². The Morgan fingerprint density at radius 2 is 2.00 bits per heavy atom. The van der Waals surface area contributed by atoms with E-state index in [2.05, 4.69) is 10.3 Å². The van der Waals surface area contributed by atoms with Crippen LogP contribution in [-0.2, 0) is 20.9 Å². The van der Waals surface area contributed by atoms with Crippen LogP contribution >= 0.6 is 11.3 Å². The number of carbonyl (C=O) groups is 3. The van der Waals surface area contributed by atoms with Gasteiger partial charge in [-0.15, -0.1) is 11.3 Å². The Bertz CT molecular complexity index is 1050. The number of aliphatic hydroxyl groups is 1. The average Bonchev–Trinajstić information content (AvgIpc) is 3.53. The van der Waals surface area contributed by atoms with Crippen LogP contribution < -0.4 is 5.32 Å². The molecule has 2 aliphatic heterocycles. The number of hydrogen-bond donors (Lipinski definition) is 2. The Balaban J connectivity index is 1.42. The van der Waals surface area contributed by atoms with Crippen molar-refractivity contribution in [2.45, 2.75) is 64.8 Å². The number of aryl methyl sites for hydroxylation is 1. The lowest BCUT2D eigenvalue weighted by molar-refractivity contribution is -0.148. The topological polar surface area (TPSA) is 103 Å². The second-order valence-electron chi connectivity index (χ2n) is 9.46. The number of likely N-dealkylation sites (tertiary alicyclic amines) is 2. The zero-order chi connectivity index (χ0) is 24.4. The highest BCUT2D eigenvalue weighted by atomic mass is 32.1. The molecule has 1 aromatic heterocycles. The van der Waals surface area contributed by atoms with Gasteiger partial charge in [-0.1, -0.05) is 38.1 Å². The Labute approximate surface area is 204 Å². The molecule has 2 fully saturated rings. The van der Waals surface area contributed by atoms with E-state index in [0.29, 0.717) is 19.5 Å². The predicted molar refractivity (Wildman–Crippen MR) is 130 cm³/mol. The summed E-state index contributed by atoms with van der Waals surface area (Å²) in [7, 11) is 0. The smallest absolute Gasteiger partial charge is 0.246 e. The number of aliphatic hydroxyl groups excluding tert-OH is 1. The Morgan fingerprint density at radius 1 is 1.26 bits per heavy atom. The fraction of sp³-hybridized carbons (Fsp3) is 0.520. The van der Waals surface area contributed by atoms with E-state index in [1.807, 2.05) is 50.5 Å². The summed E-state index contributed by atoms with van der Waals surface area (Å²) < 4.78 is 0. The molecule has 9 heteroatoms. The highest BCUT2D eigenvalue weighted by Gasteiger charge is 2.44. The van der Waals surface area contributed by atoms with Crippen molar-refractivity contribution in [3.8, 4) is 10.4 Å². The van der Waals surface area contributed by atoms with Crippen molar-refractivity contribution in [3.05, 3.63) is 41.0 Å². The first-order valence-corrected chi connectivity index (χ1v) is 12.7. The SMILES string of the molecule is Cc1ncsc1-c1ccc(CNC(=O)[C@@H]2C[C@@H](O)CN2C(=O)C(C(C)C)N2CCCC2=O)cc1. The van der Waals surface area contributed by atoms with Crippen LogP contribution in [-0.4, -0.2) is 68.9 Å². The van der Waals surface area contributed by atoms with E-state index in [1.54, 1.807) is 16.2 Å². The molecule has 0 spiro atoms. The van der Waals surface area contributed by atoms with Crippen molar-refractivity contribution in [3.63, 3.8) is 0 Å². The number of β-amino-alcohol motifs (C(OH)–C–C–N with tert-alkyl or cyclic N) is 1. The van der Waals surface area contributed by atoms with Gasteiger partial charge in [-0.25, -0.2) is 4.98 Å². The number of thiazole rings is 1. The van der Waals surface area contributed by atoms with E-state index in [4.69, 9.17) is 0 Å². The monoisotopic (exact) mass is 484 g/mol. The first kappa shape index (κ1) is 24.3. The number of nitrogens with one attached hydrogen (secondary N) is 1. The van der Waals surface area contributed by atoms with E-state index in [0.717, 1.165) is 28.1 Å². The van der Waals surface area contributed by atoms with Crippen LogP contribution in [0.3, 0.4) is 0 Å². The van der Waals surface area contributed by atoms with Crippen LogP contribution in [0.5, 0.6) is 0 Å². The summed E-state index contributed by atoms with van der Waals surface area (Å²) in [6.45, 7) is 6.78. The minimum absolute atomic E-state index is 0.0234. The lowest BCUT2D eigenvalue weighted by atomic mass is 10.0. The zero-order valence-corrected chi connectivity index (χ0v) is 20.7. The van der Waals surface area contributed by atoms with Crippen LogP contribution in [0.15, 0.2) is 29.8 Å². The highest BCUT2D eigenvalue weighted by Crippen LogP contribution is 2.28. The molecule has 3 heterocycles. The summed E-state index contributed by atoms with van der Waals surface area (Å²) in [5.74, 6) is -0.657. The molecule has 0 saturated carbocycles. The third-order valence-corrected chi connectivity index (χ3v) is 7.60. The molecule has 2 aromatic rings.